The fraction of sp³-hybridized carbons (Fsp3) is 0.350. The second kappa shape index (κ2) is 8.10. The lowest BCUT2D eigenvalue weighted by Crippen LogP contribution is -2.41. The summed E-state index contributed by atoms with van der Waals surface area (Å²) in [5.74, 6) is -0.203. The van der Waals surface area contributed by atoms with E-state index in [-0.39, 0.29) is 10.6 Å². The van der Waals surface area contributed by atoms with Gasteiger partial charge in [0.05, 0.1) is 13.2 Å². The van der Waals surface area contributed by atoms with E-state index >= 15 is 0 Å². The van der Waals surface area contributed by atoms with Gasteiger partial charge in [-0.05, 0) is 63.4 Å². The molecule has 0 aromatic heterocycles. The van der Waals surface area contributed by atoms with Gasteiger partial charge in [0, 0.05) is 5.69 Å². The average Bonchev–Trinajstić information content (AvgIpc) is 2.57. The summed E-state index contributed by atoms with van der Waals surface area (Å²) < 4.78 is 33.0. The van der Waals surface area contributed by atoms with Gasteiger partial charge in [0.15, 0.2) is 0 Å². The zero-order chi connectivity index (χ0) is 20.4. The molecule has 0 saturated heterocycles. The molecule has 0 aliphatic rings. The van der Waals surface area contributed by atoms with E-state index in [1.165, 1.54) is 20.1 Å². The molecule has 0 saturated carbocycles. The number of hydrogen-bond donors (Lipinski definition) is 2. The van der Waals surface area contributed by atoms with E-state index in [4.69, 9.17) is 4.74 Å². The van der Waals surface area contributed by atoms with Gasteiger partial charge in [-0.1, -0.05) is 23.8 Å². The summed E-state index contributed by atoms with van der Waals surface area (Å²) in [6.45, 7) is 9.09. The molecule has 6 nitrogen and oxygen atoms in total. The molecule has 2 rings (SSSR count). The smallest absolute Gasteiger partial charge is 0.244 e. The summed E-state index contributed by atoms with van der Waals surface area (Å²) in [4.78, 5) is 12.6. The molecule has 2 aromatic rings. The van der Waals surface area contributed by atoms with Crippen LogP contribution in [0.15, 0.2) is 35.2 Å². The van der Waals surface area contributed by atoms with Crippen LogP contribution in [0.5, 0.6) is 5.75 Å². The fourth-order valence-electron chi connectivity index (χ4n) is 2.95. The van der Waals surface area contributed by atoms with Crippen LogP contribution >= 0.6 is 0 Å². The molecule has 2 aromatic carbocycles. The van der Waals surface area contributed by atoms with E-state index in [0.29, 0.717) is 5.69 Å². The summed E-state index contributed by atoms with van der Waals surface area (Å²) in [5.41, 5.74) is 4.43. The Morgan fingerprint density at radius 1 is 1.00 bits per heavy atom. The van der Waals surface area contributed by atoms with Gasteiger partial charge in [0.1, 0.15) is 10.6 Å². The van der Waals surface area contributed by atoms with Crippen molar-refractivity contribution in [3.05, 3.63) is 52.6 Å². The second-order valence-corrected chi connectivity index (χ2v) is 8.44. The van der Waals surface area contributed by atoms with Crippen LogP contribution in [0, 0.1) is 27.7 Å². The minimum absolute atomic E-state index is 0.00680. The van der Waals surface area contributed by atoms with Gasteiger partial charge < -0.3 is 10.1 Å². The molecule has 0 unspecified atom stereocenters. The predicted molar refractivity (Wildman–Crippen MR) is 107 cm³/mol. The van der Waals surface area contributed by atoms with Crippen LogP contribution < -0.4 is 14.8 Å². The summed E-state index contributed by atoms with van der Waals surface area (Å²) in [5, 5.41) is 2.82. The van der Waals surface area contributed by atoms with E-state index < -0.39 is 22.0 Å². The zero-order valence-electron chi connectivity index (χ0n) is 16.5. The van der Waals surface area contributed by atoms with Crippen molar-refractivity contribution in [1.82, 2.24) is 4.72 Å². The van der Waals surface area contributed by atoms with Crippen LogP contribution in [0.2, 0.25) is 0 Å². The van der Waals surface area contributed by atoms with Crippen molar-refractivity contribution in [3.63, 3.8) is 0 Å². The summed E-state index contributed by atoms with van der Waals surface area (Å²) in [7, 11) is -2.52. The highest BCUT2D eigenvalue weighted by molar-refractivity contribution is 7.89. The number of amides is 1. The lowest BCUT2D eigenvalue weighted by molar-refractivity contribution is -0.117. The monoisotopic (exact) mass is 390 g/mol. The summed E-state index contributed by atoms with van der Waals surface area (Å²) in [6, 6.07) is 7.84. The number of hydrogen-bond acceptors (Lipinski definition) is 4. The topological polar surface area (TPSA) is 84.5 Å². The third-order valence-corrected chi connectivity index (χ3v) is 5.82. The highest BCUT2D eigenvalue weighted by Crippen LogP contribution is 2.25. The van der Waals surface area contributed by atoms with E-state index in [1.54, 1.807) is 19.1 Å². The number of methoxy groups -OCH3 is 1. The van der Waals surface area contributed by atoms with Crippen molar-refractivity contribution in [2.45, 2.75) is 45.6 Å². The molecule has 0 heterocycles. The first-order valence-electron chi connectivity index (χ1n) is 8.61. The molecule has 146 valence electrons. The number of carbonyl (C=O) groups excluding carboxylic acids is 1. The van der Waals surface area contributed by atoms with Gasteiger partial charge in [-0.2, -0.15) is 4.72 Å². The molecule has 2 N–H and O–H groups in total. The van der Waals surface area contributed by atoms with Crippen LogP contribution in [-0.4, -0.2) is 27.5 Å². The molecular weight excluding hydrogens is 364 g/mol. The predicted octanol–water partition coefficient (Wildman–Crippen LogP) is 3.23. The Balaban J connectivity index is 2.22. The van der Waals surface area contributed by atoms with E-state index in [9.17, 15) is 13.2 Å². The Kier molecular flexibility index (Phi) is 6.28. The molecule has 7 heteroatoms. The van der Waals surface area contributed by atoms with Gasteiger partial charge >= 0.3 is 0 Å². The molecule has 1 amide bonds. The van der Waals surface area contributed by atoms with Crippen LogP contribution in [0.3, 0.4) is 0 Å². The van der Waals surface area contributed by atoms with Crippen molar-refractivity contribution < 1.29 is 17.9 Å². The molecule has 0 spiro atoms. The molecule has 0 fully saturated rings. The Bertz CT molecular complexity index is 945. The highest BCUT2D eigenvalue weighted by Gasteiger charge is 2.25. The van der Waals surface area contributed by atoms with Gasteiger partial charge in [-0.25, -0.2) is 8.42 Å². The maximum Gasteiger partial charge on any atom is 0.244 e. The highest BCUT2D eigenvalue weighted by atomic mass is 32.2. The zero-order valence-corrected chi connectivity index (χ0v) is 17.3. The third kappa shape index (κ3) is 4.87. The Morgan fingerprint density at radius 2 is 1.59 bits per heavy atom. The summed E-state index contributed by atoms with van der Waals surface area (Å²) >= 11 is 0. The van der Waals surface area contributed by atoms with Crippen molar-refractivity contribution in [1.29, 1.82) is 0 Å². The number of nitrogens with one attached hydrogen (secondary N) is 2. The number of rotatable bonds is 6. The van der Waals surface area contributed by atoms with Crippen LogP contribution in [0.4, 0.5) is 5.69 Å². The lowest BCUT2D eigenvalue weighted by atomic mass is 10.0. The van der Waals surface area contributed by atoms with Crippen LogP contribution in [-0.2, 0) is 14.8 Å². The third-order valence-electron chi connectivity index (χ3n) is 4.26. The normalized spacial score (nSPS) is 12.5. The van der Waals surface area contributed by atoms with E-state index in [1.807, 2.05) is 32.9 Å². The molecule has 1 atom stereocenters. The van der Waals surface area contributed by atoms with Crippen LogP contribution in [0.25, 0.3) is 0 Å². The number of ether oxygens (including phenoxy) is 1. The largest absolute Gasteiger partial charge is 0.495 e. The second-order valence-electron chi connectivity index (χ2n) is 6.76. The van der Waals surface area contributed by atoms with Crippen molar-refractivity contribution >= 4 is 21.6 Å². The van der Waals surface area contributed by atoms with E-state index in [2.05, 4.69) is 10.0 Å². The van der Waals surface area contributed by atoms with Crippen LogP contribution in [0.1, 0.15) is 29.2 Å². The molecule has 0 aliphatic heterocycles. The number of sulfonamides is 1. The number of anilines is 1. The average molecular weight is 391 g/mol. The van der Waals surface area contributed by atoms with Crippen molar-refractivity contribution in [2.24, 2.45) is 0 Å². The minimum Gasteiger partial charge on any atom is -0.495 e. The van der Waals surface area contributed by atoms with Gasteiger partial charge in [0.2, 0.25) is 15.9 Å². The molecule has 27 heavy (non-hydrogen) atoms. The van der Waals surface area contributed by atoms with Crippen molar-refractivity contribution in [3.8, 4) is 5.75 Å². The fourth-order valence-corrected chi connectivity index (χ4v) is 4.41. The molecule has 0 bridgehead atoms. The molecule has 0 aliphatic carbocycles. The number of benzene rings is 2. The number of carbonyl (C=O) groups is 1. The summed E-state index contributed by atoms with van der Waals surface area (Å²) in [6.07, 6.45) is 0. The standard InChI is InChI=1S/C20H26N2O4S/c1-12-7-8-17(26-6)18(11-12)27(24,25)22-16(5)20(23)21-19-14(3)9-13(2)10-15(19)4/h7-11,16,22H,1-6H3,(H,21,23)/t16-/m0/s1. The van der Waals surface area contributed by atoms with Gasteiger partial charge in [0.25, 0.3) is 0 Å². The minimum atomic E-state index is -3.92. The maximum absolute atomic E-state index is 12.7. The van der Waals surface area contributed by atoms with Crippen molar-refractivity contribution in [2.75, 3.05) is 12.4 Å². The van der Waals surface area contributed by atoms with Gasteiger partial charge in [-0.3, -0.25) is 4.79 Å². The Hall–Kier alpha value is -2.38. The molecular formula is C20H26N2O4S. The van der Waals surface area contributed by atoms with E-state index in [0.717, 1.165) is 22.3 Å². The quantitative estimate of drug-likeness (QED) is 0.793. The Morgan fingerprint density at radius 3 is 2.15 bits per heavy atom. The van der Waals surface area contributed by atoms with Gasteiger partial charge in [-0.15, -0.1) is 0 Å². The Labute approximate surface area is 161 Å². The molecule has 0 radical (unpaired) electrons. The maximum atomic E-state index is 12.7. The lowest BCUT2D eigenvalue weighted by Gasteiger charge is -2.18. The first kappa shape index (κ1) is 20.9. The number of aryl methyl sites for hydroxylation is 4. The first-order chi connectivity index (χ1) is 12.5. The SMILES string of the molecule is COc1ccc(C)cc1S(=O)(=O)N[C@@H](C)C(=O)Nc1c(C)cc(C)cc1C. The first-order valence-corrected chi connectivity index (χ1v) is 10.1.